The van der Waals surface area contributed by atoms with E-state index in [9.17, 15) is 9.90 Å². The molecule has 0 saturated carbocycles. The minimum Gasteiger partial charge on any atom is -0.481 e. The lowest BCUT2D eigenvalue weighted by Crippen LogP contribution is -2.52. The number of carbonyl (C=O) groups is 1. The molecule has 0 aliphatic carbocycles. The van der Waals surface area contributed by atoms with Crippen LogP contribution in [0.1, 0.15) is 26.3 Å². The van der Waals surface area contributed by atoms with Crippen LogP contribution in [0.3, 0.4) is 0 Å². The summed E-state index contributed by atoms with van der Waals surface area (Å²) in [6, 6.07) is 9.47. The quantitative estimate of drug-likeness (QED) is 0.916. The maximum absolute atomic E-state index is 11.8. The number of aliphatic carboxylic acids is 1. The molecule has 1 aromatic carbocycles. The van der Waals surface area contributed by atoms with Gasteiger partial charge < -0.3 is 9.84 Å². The molecule has 1 aromatic rings. The van der Waals surface area contributed by atoms with Crippen molar-refractivity contribution in [2.24, 2.45) is 0 Å². The van der Waals surface area contributed by atoms with Gasteiger partial charge in [-0.3, -0.25) is 9.69 Å². The Balaban J connectivity index is 2.20. The average Bonchev–Trinajstić information content (AvgIpc) is 2.38. The second-order valence-electron chi connectivity index (χ2n) is 5.95. The van der Waals surface area contributed by atoms with Gasteiger partial charge in [0.05, 0.1) is 12.2 Å². The highest BCUT2D eigenvalue weighted by molar-refractivity contribution is 5.81. The molecule has 1 aliphatic rings. The minimum absolute atomic E-state index is 0.146. The number of rotatable bonds is 4. The highest BCUT2D eigenvalue weighted by Gasteiger charge is 2.38. The second-order valence-corrected chi connectivity index (χ2v) is 5.95. The molecular weight excluding hydrogens is 254 g/mol. The molecule has 1 N–H and O–H groups in total. The van der Waals surface area contributed by atoms with Gasteiger partial charge in [-0.05, 0) is 26.3 Å². The summed E-state index contributed by atoms with van der Waals surface area (Å²) in [4.78, 5) is 14.0. The topological polar surface area (TPSA) is 49.8 Å². The Morgan fingerprint density at radius 3 is 2.35 bits per heavy atom. The highest BCUT2D eigenvalue weighted by atomic mass is 16.5. The van der Waals surface area contributed by atoms with E-state index in [1.807, 2.05) is 44.2 Å². The molecule has 2 rings (SSSR count). The average molecular weight is 277 g/mol. The monoisotopic (exact) mass is 277 g/mol. The Morgan fingerprint density at radius 1 is 1.30 bits per heavy atom. The number of benzene rings is 1. The van der Waals surface area contributed by atoms with Crippen molar-refractivity contribution in [2.75, 3.05) is 19.6 Å². The number of morpholine rings is 1. The largest absolute Gasteiger partial charge is 0.481 e. The lowest BCUT2D eigenvalue weighted by Gasteiger charge is -2.39. The van der Waals surface area contributed by atoms with Gasteiger partial charge in [-0.15, -0.1) is 0 Å². The molecule has 0 aromatic heterocycles. The number of nitrogens with zero attached hydrogens (tertiary/aromatic N) is 1. The summed E-state index contributed by atoms with van der Waals surface area (Å²) in [7, 11) is 0. The van der Waals surface area contributed by atoms with Crippen LogP contribution in [0.4, 0.5) is 0 Å². The number of carboxylic acids is 1. The van der Waals surface area contributed by atoms with E-state index in [0.717, 1.165) is 18.7 Å². The van der Waals surface area contributed by atoms with Crippen molar-refractivity contribution in [1.82, 2.24) is 4.90 Å². The summed E-state index contributed by atoms with van der Waals surface area (Å²) in [6.45, 7) is 7.92. The van der Waals surface area contributed by atoms with Gasteiger partial charge in [0.1, 0.15) is 5.41 Å². The molecule has 0 amide bonds. The first-order chi connectivity index (χ1) is 9.41. The first kappa shape index (κ1) is 15.0. The molecule has 1 aliphatic heterocycles. The molecule has 0 radical (unpaired) electrons. The van der Waals surface area contributed by atoms with Gasteiger partial charge in [0.25, 0.3) is 0 Å². The van der Waals surface area contributed by atoms with Crippen LogP contribution in [0.15, 0.2) is 30.3 Å². The van der Waals surface area contributed by atoms with Gasteiger partial charge in [-0.1, -0.05) is 30.3 Å². The molecule has 3 unspecified atom stereocenters. The molecule has 4 nitrogen and oxygen atoms in total. The Hall–Kier alpha value is -1.39. The third kappa shape index (κ3) is 3.19. The van der Waals surface area contributed by atoms with Gasteiger partial charge in [0, 0.05) is 19.6 Å². The van der Waals surface area contributed by atoms with E-state index in [1.165, 1.54) is 0 Å². The Bertz CT molecular complexity index is 452. The van der Waals surface area contributed by atoms with E-state index in [4.69, 9.17) is 4.74 Å². The Morgan fingerprint density at radius 2 is 1.85 bits per heavy atom. The van der Waals surface area contributed by atoms with E-state index >= 15 is 0 Å². The van der Waals surface area contributed by atoms with Gasteiger partial charge in [-0.25, -0.2) is 0 Å². The molecule has 20 heavy (non-hydrogen) atoms. The zero-order chi connectivity index (χ0) is 14.8. The fourth-order valence-electron chi connectivity index (χ4n) is 2.95. The van der Waals surface area contributed by atoms with Crippen molar-refractivity contribution in [2.45, 2.75) is 38.4 Å². The number of hydrogen-bond donors (Lipinski definition) is 1. The van der Waals surface area contributed by atoms with Crippen LogP contribution in [-0.4, -0.2) is 47.8 Å². The Kier molecular flexibility index (Phi) is 4.45. The standard InChI is InChI=1S/C16H23NO3/c1-12-9-17(10-13(2)20-12)11-16(3,15(18)19)14-7-5-4-6-8-14/h4-8,12-13H,9-11H2,1-3H3,(H,18,19). The van der Waals surface area contributed by atoms with Crippen molar-refractivity contribution in [3.8, 4) is 0 Å². The SMILES string of the molecule is CC1CN(CC(C)(C(=O)O)c2ccccc2)CC(C)O1. The van der Waals surface area contributed by atoms with Crippen LogP contribution in [0.5, 0.6) is 0 Å². The van der Waals surface area contributed by atoms with Crippen LogP contribution >= 0.6 is 0 Å². The molecule has 0 bridgehead atoms. The van der Waals surface area contributed by atoms with Crippen LogP contribution < -0.4 is 0 Å². The fraction of sp³-hybridized carbons (Fsp3) is 0.562. The lowest BCUT2D eigenvalue weighted by molar-refractivity contribution is -0.145. The van der Waals surface area contributed by atoms with Crippen LogP contribution in [0.25, 0.3) is 0 Å². The normalized spacial score (nSPS) is 26.9. The second kappa shape index (κ2) is 5.94. The summed E-state index contributed by atoms with van der Waals surface area (Å²) in [5.74, 6) is -0.782. The van der Waals surface area contributed by atoms with Crippen molar-refractivity contribution in [3.63, 3.8) is 0 Å². The molecule has 1 saturated heterocycles. The molecule has 110 valence electrons. The zero-order valence-corrected chi connectivity index (χ0v) is 12.4. The van der Waals surface area contributed by atoms with Crippen LogP contribution in [0.2, 0.25) is 0 Å². The molecule has 0 spiro atoms. The zero-order valence-electron chi connectivity index (χ0n) is 12.4. The predicted octanol–water partition coefficient (Wildman–Crippen LogP) is 2.14. The molecule has 4 heteroatoms. The van der Waals surface area contributed by atoms with Crippen molar-refractivity contribution in [3.05, 3.63) is 35.9 Å². The first-order valence-electron chi connectivity index (χ1n) is 7.08. The summed E-state index contributed by atoms with van der Waals surface area (Å²) in [6.07, 6.45) is 0.292. The van der Waals surface area contributed by atoms with E-state index in [0.29, 0.717) is 6.54 Å². The number of hydrogen-bond acceptors (Lipinski definition) is 3. The lowest BCUT2D eigenvalue weighted by atomic mass is 9.81. The molecule has 1 fully saturated rings. The summed E-state index contributed by atoms with van der Waals surface area (Å²) < 4.78 is 5.71. The van der Waals surface area contributed by atoms with E-state index in [2.05, 4.69) is 4.90 Å². The van der Waals surface area contributed by atoms with Gasteiger partial charge in [-0.2, -0.15) is 0 Å². The van der Waals surface area contributed by atoms with Crippen molar-refractivity contribution in [1.29, 1.82) is 0 Å². The third-order valence-electron chi connectivity index (χ3n) is 3.92. The smallest absolute Gasteiger partial charge is 0.315 e. The molecular formula is C16H23NO3. The van der Waals surface area contributed by atoms with Gasteiger partial charge >= 0.3 is 5.97 Å². The highest BCUT2D eigenvalue weighted by Crippen LogP contribution is 2.27. The van der Waals surface area contributed by atoms with E-state index in [1.54, 1.807) is 6.92 Å². The van der Waals surface area contributed by atoms with Crippen LogP contribution in [-0.2, 0) is 14.9 Å². The number of ether oxygens (including phenoxy) is 1. The van der Waals surface area contributed by atoms with Crippen molar-refractivity contribution >= 4 is 5.97 Å². The van der Waals surface area contributed by atoms with Gasteiger partial charge in [0.15, 0.2) is 0 Å². The summed E-state index contributed by atoms with van der Waals surface area (Å²) >= 11 is 0. The third-order valence-corrected chi connectivity index (χ3v) is 3.92. The van der Waals surface area contributed by atoms with Crippen molar-refractivity contribution < 1.29 is 14.6 Å². The van der Waals surface area contributed by atoms with Gasteiger partial charge in [0.2, 0.25) is 0 Å². The summed E-state index contributed by atoms with van der Waals surface area (Å²) in [5, 5.41) is 9.69. The maximum Gasteiger partial charge on any atom is 0.315 e. The first-order valence-corrected chi connectivity index (χ1v) is 7.08. The fourth-order valence-corrected chi connectivity index (χ4v) is 2.95. The predicted molar refractivity (Wildman–Crippen MR) is 77.9 cm³/mol. The Labute approximate surface area is 120 Å². The van der Waals surface area contributed by atoms with Crippen LogP contribution in [0, 0.1) is 0 Å². The van der Waals surface area contributed by atoms with E-state index in [-0.39, 0.29) is 12.2 Å². The molecule has 3 atom stereocenters. The molecule has 1 heterocycles. The van der Waals surface area contributed by atoms with E-state index < -0.39 is 11.4 Å². The number of carboxylic acid groups (broad SMARTS) is 1. The maximum atomic E-state index is 11.8. The summed E-state index contributed by atoms with van der Waals surface area (Å²) in [5.41, 5.74) is -0.0443. The minimum atomic E-state index is -0.891.